The third-order valence-electron chi connectivity index (χ3n) is 2.96. The van der Waals surface area contributed by atoms with Crippen LogP contribution in [0.1, 0.15) is 35.6 Å². The summed E-state index contributed by atoms with van der Waals surface area (Å²) in [4.78, 5) is 0. The molecule has 1 aromatic carbocycles. The first-order chi connectivity index (χ1) is 6.59. The van der Waals surface area contributed by atoms with Gasteiger partial charge in [0.2, 0.25) is 0 Å². The van der Waals surface area contributed by atoms with Gasteiger partial charge in [0.25, 0.3) is 0 Å². The summed E-state index contributed by atoms with van der Waals surface area (Å²) in [5, 5.41) is 9.89. The number of aryl methyl sites for hydroxylation is 2. The number of hydrogen-bond donors (Lipinski definition) is 2. The van der Waals surface area contributed by atoms with E-state index in [4.69, 9.17) is 5.73 Å². The first kappa shape index (κ1) is 9.53. The van der Waals surface area contributed by atoms with Gasteiger partial charge in [-0.15, -0.1) is 0 Å². The number of hydrogen-bond acceptors (Lipinski definition) is 2. The van der Waals surface area contributed by atoms with Gasteiger partial charge in [0.15, 0.2) is 0 Å². The molecule has 3 N–H and O–H groups in total. The lowest BCUT2D eigenvalue weighted by molar-refractivity contribution is 0.452. The predicted molar refractivity (Wildman–Crippen MR) is 57.2 cm³/mol. The Morgan fingerprint density at radius 1 is 1.36 bits per heavy atom. The monoisotopic (exact) mass is 191 g/mol. The molecule has 1 saturated carbocycles. The largest absolute Gasteiger partial charge is 0.507 e. The molecule has 0 bridgehead atoms. The summed E-state index contributed by atoms with van der Waals surface area (Å²) in [5.74, 6) is 0.970. The van der Waals surface area contributed by atoms with Crippen molar-refractivity contribution in [2.75, 3.05) is 0 Å². The van der Waals surface area contributed by atoms with Crippen LogP contribution in [0, 0.1) is 19.8 Å². The number of nitrogens with two attached hydrogens (primary N) is 1. The van der Waals surface area contributed by atoms with Crippen LogP contribution in [0.2, 0.25) is 0 Å². The van der Waals surface area contributed by atoms with E-state index in [0.29, 0.717) is 11.7 Å². The van der Waals surface area contributed by atoms with E-state index in [9.17, 15) is 5.11 Å². The summed E-state index contributed by atoms with van der Waals surface area (Å²) in [6.07, 6.45) is 2.40. The second-order valence-corrected chi connectivity index (χ2v) is 4.38. The molecule has 1 fully saturated rings. The van der Waals surface area contributed by atoms with Crippen LogP contribution >= 0.6 is 0 Å². The zero-order chi connectivity index (χ0) is 10.3. The van der Waals surface area contributed by atoms with Crippen molar-refractivity contribution in [3.8, 4) is 5.75 Å². The van der Waals surface area contributed by atoms with Gasteiger partial charge in [0.1, 0.15) is 5.75 Å². The van der Waals surface area contributed by atoms with Crippen molar-refractivity contribution in [2.45, 2.75) is 32.7 Å². The molecule has 0 radical (unpaired) electrons. The first-order valence-corrected chi connectivity index (χ1v) is 5.15. The van der Waals surface area contributed by atoms with Gasteiger partial charge in [-0.1, -0.05) is 17.7 Å². The van der Waals surface area contributed by atoms with E-state index in [1.165, 1.54) is 18.4 Å². The van der Waals surface area contributed by atoms with E-state index >= 15 is 0 Å². The topological polar surface area (TPSA) is 46.2 Å². The molecule has 0 spiro atoms. The van der Waals surface area contributed by atoms with Crippen molar-refractivity contribution in [3.63, 3.8) is 0 Å². The molecule has 1 unspecified atom stereocenters. The fourth-order valence-corrected chi connectivity index (χ4v) is 1.96. The van der Waals surface area contributed by atoms with E-state index in [2.05, 4.69) is 0 Å². The molecule has 1 aliphatic carbocycles. The fraction of sp³-hybridized carbons (Fsp3) is 0.500. The average Bonchev–Trinajstić information content (AvgIpc) is 2.93. The molecule has 76 valence electrons. The molecule has 1 aliphatic rings. The molecule has 2 rings (SSSR count). The summed E-state index contributed by atoms with van der Waals surface area (Å²) in [6.45, 7) is 3.96. The van der Waals surface area contributed by atoms with Crippen molar-refractivity contribution in [2.24, 2.45) is 11.7 Å². The Kier molecular flexibility index (Phi) is 2.23. The van der Waals surface area contributed by atoms with Gasteiger partial charge >= 0.3 is 0 Å². The summed E-state index contributed by atoms with van der Waals surface area (Å²) >= 11 is 0. The Balaban J connectivity index is 2.39. The summed E-state index contributed by atoms with van der Waals surface area (Å²) in [7, 11) is 0. The molecule has 0 saturated heterocycles. The summed E-state index contributed by atoms with van der Waals surface area (Å²) < 4.78 is 0. The van der Waals surface area contributed by atoms with Gasteiger partial charge < -0.3 is 10.8 Å². The molecular formula is C12H17NO. The molecule has 14 heavy (non-hydrogen) atoms. The second-order valence-electron chi connectivity index (χ2n) is 4.38. The molecule has 0 heterocycles. The van der Waals surface area contributed by atoms with E-state index in [0.717, 1.165) is 11.1 Å². The van der Waals surface area contributed by atoms with Crippen LogP contribution in [0.25, 0.3) is 0 Å². The Labute approximate surface area is 84.7 Å². The molecule has 1 aromatic rings. The molecular weight excluding hydrogens is 174 g/mol. The van der Waals surface area contributed by atoms with Crippen LogP contribution in [-0.4, -0.2) is 5.11 Å². The molecule has 1 atom stereocenters. The van der Waals surface area contributed by atoms with E-state index in [1.54, 1.807) is 0 Å². The maximum absolute atomic E-state index is 9.89. The minimum atomic E-state index is 0.0219. The highest BCUT2D eigenvalue weighted by molar-refractivity contribution is 5.44. The minimum Gasteiger partial charge on any atom is -0.507 e. The Morgan fingerprint density at radius 2 is 2.00 bits per heavy atom. The van der Waals surface area contributed by atoms with Gasteiger partial charge in [-0.25, -0.2) is 0 Å². The average molecular weight is 191 g/mol. The number of phenols is 1. The van der Waals surface area contributed by atoms with Crippen molar-refractivity contribution < 1.29 is 5.11 Å². The highest BCUT2D eigenvalue weighted by Crippen LogP contribution is 2.42. The number of aromatic hydroxyl groups is 1. The lowest BCUT2D eigenvalue weighted by atomic mass is 9.97. The van der Waals surface area contributed by atoms with E-state index < -0.39 is 0 Å². The quantitative estimate of drug-likeness (QED) is 0.754. The van der Waals surface area contributed by atoms with Crippen LogP contribution in [0.3, 0.4) is 0 Å². The fourth-order valence-electron chi connectivity index (χ4n) is 1.96. The predicted octanol–water partition coefficient (Wildman–Crippen LogP) is 2.42. The van der Waals surface area contributed by atoms with Gasteiger partial charge in [-0.2, -0.15) is 0 Å². The standard InChI is InChI=1S/C12H17NO/c1-7-5-8(2)12(14)10(6-7)11(13)9-3-4-9/h5-6,9,11,14H,3-4,13H2,1-2H3. The number of phenolic OH excluding ortho intramolecular Hbond substituents is 1. The summed E-state index contributed by atoms with van der Waals surface area (Å²) in [6, 6.07) is 4.01. The zero-order valence-electron chi connectivity index (χ0n) is 8.75. The Bertz CT molecular complexity index is 356. The number of benzene rings is 1. The third-order valence-corrected chi connectivity index (χ3v) is 2.96. The van der Waals surface area contributed by atoms with Crippen molar-refractivity contribution >= 4 is 0 Å². The SMILES string of the molecule is Cc1cc(C)c(O)c(C(N)C2CC2)c1. The molecule has 2 nitrogen and oxygen atoms in total. The highest BCUT2D eigenvalue weighted by atomic mass is 16.3. The van der Waals surface area contributed by atoms with E-state index in [-0.39, 0.29) is 6.04 Å². The maximum atomic E-state index is 9.89. The zero-order valence-corrected chi connectivity index (χ0v) is 8.75. The molecule has 2 heteroatoms. The van der Waals surface area contributed by atoms with Crippen LogP contribution in [0.4, 0.5) is 0 Å². The van der Waals surface area contributed by atoms with Crippen molar-refractivity contribution in [1.82, 2.24) is 0 Å². The third kappa shape index (κ3) is 1.62. The molecule has 0 aromatic heterocycles. The molecule has 0 amide bonds. The first-order valence-electron chi connectivity index (χ1n) is 5.15. The number of rotatable bonds is 2. The van der Waals surface area contributed by atoms with Gasteiger partial charge in [-0.3, -0.25) is 0 Å². The summed E-state index contributed by atoms with van der Waals surface area (Å²) in [5.41, 5.74) is 9.10. The van der Waals surface area contributed by atoms with Crippen LogP contribution in [0.15, 0.2) is 12.1 Å². The smallest absolute Gasteiger partial charge is 0.123 e. The van der Waals surface area contributed by atoms with Crippen molar-refractivity contribution in [1.29, 1.82) is 0 Å². The van der Waals surface area contributed by atoms with Crippen LogP contribution in [0.5, 0.6) is 5.75 Å². The minimum absolute atomic E-state index is 0.0219. The lowest BCUT2D eigenvalue weighted by Gasteiger charge is -2.15. The van der Waals surface area contributed by atoms with Gasteiger partial charge in [-0.05, 0) is 38.2 Å². The van der Waals surface area contributed by atoms with Gasteiger partial charge in [0.05, 0.1) is 0 Å². The second kappa shape index (κ2) is 3.28. The van der Waals surface area contributed by atoms with E-state index in [1.807, 2.05) is 26.0 Å². The maximum Gasteiger partial charge on any atom is 0.123 e. The Morgan fingerprint density at radius 3 is 2.57 bits per heavy atom. The normalized spacial score (nSPS) is 18.2. The Hall–Kier alpha value is -1.02. The van der Waals surface area contributed by atoms with Crippen LogP contribution < -0.4 is 5.73 Å². The van der Waals surface area contributed by atoms with Crippen LogP contribution in [-0.2, 0) is 0 Å². The van der Waals surface area contributed by atoms with Gasteiger partial charge in [0, 0.05) is 11.6 Å². The lowest BCUT2D eigenvalue weighted by Crippen LogP contribution is -2.13. The van der Waals surface area contributed by atoms with Crippen molar-refractivity contribution in [3.05, 3.63) is 28.8 Å². The molecule has 0 aliphatic heterocycles. The highest BCUT2D eigenvalue weighted by Gasteiger charge is 2.31.